The minimum absolute atomic E-state index is 0.254. The van der Waals surface area contributed by atoms with Crippen LogP contribution in [0.5, 0.6) is 5.75 Å². The SMILES string of the molecule is O=C1NS(=O)(=O)NCCCNCCC2COc3ccccc3-c3cc4ccc1cc4n3C2. The summed E-state index contributed by atoms with van der Waals surface area (Å²) in [7, 11) is -3.91. The van der Waals surface area contributed by atoms with Crippen LogP contribution in [0.4, 0.5) is 0 Å². The van der Waals surface area contributed by atoms with Gasteiger partial charge in [-0.15, -0.1) is 0 Å². The molecule has 5 rings (SSSR count). The molecule has 9 heteroatoms. The van der Waals surface area contributed by atoms with Crippen molar-refractivity contribution in [3.05, 3.63) is 54.1 Å². The normalized spacial score (nSPS) is 21.4. The summed E-state index contributed by atoms with van der Waals surface area (Å²) in [6.07, 6.45) is 1.55. The van der Waals surface area contributed by atoms with Gasteiger partial charge in [-0.3, -0.25) is 4.79 Å². The highest BCUT2D eigenvalue weighted by atomic mass is 32.2. The van der Waals surface area contributed by atoms with E-state index in [9.17, 15) is 13.2 Å². The number of para-hydroxylation sites is 1. The van der Waals surface area contributed by atoms with E-state index in [1.807, 2.05) is 30.3 Å². The third-order valence-electron chi connectivity index (χ3n) is 6.02. The maximum Gasteiger partial charge on any atom is 0.301 e. The van der Waals surface area contributed by atoms with Gasteiger partial charge in [0.05, 0.1) is 12.3 Å². The third-order valence-corrected chi connectivity index (χ3v) is 7.06. The quantitative estimate of drug-likeness (QED) is 0.484. The second-order valence-electron chi connectivity index (χ2n) is 8.31. The average Bonchev–Trinajstić information content (AvgIpc) is 3.11. The molecular weight excluding hydrogens is 428 g/mol. The number of nitrogens with zero attached hydrogens (tertiary/aromatic N) is 1. The van der Waals surface area contributed by atoms with Crippen LogP contribution in [0, 0.1) is 5.92 Å². The lowest BCUT2D eigenvalue weighted by Gasteiger charge is -2.25. The summed E-state index contributed by atoms with van der Waals surface area (Å²) in [6.45, 7) is 3.12. The van der Waals surface area contributed by atoms with Crippen LogP contribution >= 0.6 is 0 Å². The van der Waals surface area contributed by atoms with Crippen molar-refractivity contribution in [1.82, 2.24) is 19.3 Å². The zero-order valence-electron chi connectivity index (χ0n) is 17.6. The number of benzene rings is 2. The topological polar surface area (TPSA) is 101 Å². The van der Waals surface area contributed by atoms with Crippen molar-refractivity contribution in [3.8, 4) is 17.0 Å². The van der Waals surface area contributed by atoms with E-state index in [4.69, 9.17) is 4.74 Å². The Hall–Kier alpha value is -2.88. The molecule has 0 saturated carbocycles. The predicted molar refractivity (Wildman–Crippen MR) is 123 cm³/mol. The molecule has 2 aromatic carbocycles. The zero-order chi connectivity index (χ0) is 22.1. The monoisotopic (exact) mass is 454 g/mol. The Labute approximate surface area is 187 Å². The van der Waals surface area contributed by atoms with Crippen molar-refractivity contribution < 1.29 is 17.9 Å². The van der Waals surface area contributed by atoms with Gasteiger partial charge in [0.2, 0.25) is 0 Å². The van der Waals surface area contributed by atoms with Crippen LogP contribution < -0.4 is 19.5 Å². The highest BCUT2D eigenvalue weighted by Gasteiger charge is 2.23. The van der Waals surface area contributed by atoms with Crippen molar-refractivity contribution in [1.29, 1.82) is 0 Å². The molecule has 8 nitrogen and oxygen atoms in total. The fourth-order valence-electron chi connectivity index (χ4n) is 4.38. The Morgan fingerprint density at radius 2 is 1.91 bits per heavy atom. The van der Waals surface area contributed by atoms with E-state index in [2.05, 4.69) is 25.4 Å². The number of carbonyl (C=O) groups excluding carboxylic acids is 1. The van der Waals surface area contributed by atoms with Crippen molar-refractivity contribution in [2.24, 2.45) is 5.92 Å². The third kappa shape index (κ3) is 4.23. The number of amides is 1. The van der Waals surface area contributed by atoms with Crippen molar-refractivity contribution in [2.45, 2.75) is 19.4 Å². The lowest BCUT2D eigenvalue weighted by atomic mass is 10.0. The van der Waals surface area contributed by atoms with Gasteiger partial charge in [-0.25, -0.2) is 4.72 Å². The first-order chi connectivity index (χ1) is 15.5. The molecule has 0 radical (unpaired) electrons. The predicted octanol–water partition coefficient (Wildman–Crippen LogP) is 2.26. The number of fused-ring (bicyclic) bond motifs is 4. The lowest BCUT2D eigenvalue weighted by molar-refractivity contribution is 0.0981. The molecule has 1 unspecified atom stereocenters. The molecule has 0 spiro atoms. The molecule has 3 N–H and O–H groups in total. The summed E-state index contributed by atoms with van der Waals surface area (Å²) < 4.78 is 37.5. The summed E-state index contributed by atoms with van der Waals surface area (Å²) in [5, 5.41) is 4.37. The Morgan fingerprint density at radius 3 is 2.81 bits per heavy atom. The van der Waals surface area contributed by atoms with Crippen LogP contribution in [-0.4, -0.2) is 45.1 Å². The zero-order valence-corrected chi connectivity index (χ0v) is 18.5. The standard InChI is InChI=1S/C23H26N4O4S/c28-23-18-7-6-17-12-21-19-4-1-2-5-22(19)31-15-16(14-27(21)20(17)13-18)8-11-24-9-3-10-25-32(29,30)26-23/h1-2,4-7,12-13,16,24-25H,3,8-11,14-15H2,(H,26,28). The number of carbonyl (C=O) groups is 1. The van der Waals surface area contributed by atoms with E-state index >= 15 is 0 Å². The van der Waals surface area contributed by atoms with Gasteiger partial charge >= 0.3 is 10.2 Å². The molecule has 32 heavy (non-hydrogen) atoms. The first-order valence-corrected chi connectivity index (χ1v) is 12.4. The molecule has 0 fully saturated rings. The summed E-state index contributed by atoms with van der Waals surface area (Å²) in [4.78, 5) is 12.7. The van der Waals surface area contributed by atoms with Gasteiger partial charge in [0.25, 0.3) is 5.91 Å². The minimum Gasteiger partial charge on any atom is -0.493 e. The highest BCUT2D eigenvalue weighted by molar-refractivity contribution is 7.88. The van der Waals surface area contributed by atoms with Gasteiger partial charge in [0.15, 0.2) is 0 Å². The molecule has 3 heterocycles. The molecule has 1 aromatic heterocycles. The van der Waals surface area contributed by atoms with E-state index in [0.29, 0.717) is 25.1 Å². The van der Waals surface area contributed by atoms with E-state index in [0.717, 1.165) is 47.4 Å². The largest absolute Gasteiger partial charge is 0.493 e. The van der Waals surface area contributed by atoms with Crippen molar-refractivity contribution >= 4 is 27.0 Å². The van der Waals surface area contributed by atoms with Crippen molar-refractivity contribution in [2.75, 3.05) is 26.2 Å². The van der Waals surface area contributed by atoms with E-state index in [-0.39, 0.29) is 12.5 Å². The first kappa shape index (κ1) is 21.0. The van der Waals surface area contributed by atoms with Gasteiger partial charge in [-0.05, 0) is 56.3 Å². The molecule has 2 aliphatic heterocycles. The second kappa shape index (κ2) is 8.57. The average molecular weight is 455 g/mol. The minimum atomic E-state index is -3.91. The molecule has 4 bridgehead atoms. The van der Waals surface area contributed by atoms with Crippen LogP contribution in [0.1, 0.15) is 23.2 Å². The molecular formula is C23H26N4O4S. The number of aromatic nitrogens is 1. The summed E-state index contributed by atoms with van der Waals surface area (Å²) in [5.74, 6) is 0.485. The van der Waals surface area contributed by atoms with Crippen LogP contribution in [0.2, 0.25) is 0 Å². The number of ether oxygens (including phenoxy) is 1. The van der Waals surface area contributed by atoms with E-state index < -0.39 is 16.1 Å². The van der Waals surface area contributed by atoms with Crippen LogP contribution in [-0.2, 0) is 16.8 Å². The van der Waals surface area contributed by atoms with Crippen LogP contribution in [0.3, 0.4) is 0 Å². The molecule has 2 aliphatic rings. The van der Waals surface area contributed by atoms with Gasteiger partial charge in [-0.2, -0.15) is 13.1 Å². The molecule has 1 atom stereocenters. The number of hydrogen-bond donors (Lipinski definition) is 3. The van der Waals surface area contributed by atoms with Crippen LogP contribution in [0.25, 0.3) is 22.2 Å². The Balaban J connectivity index is 1.63. The number of hydrogen-bond acceptors (Lipinski definition) is 5. The smallest absolute Gasteiger partial charge is 0.301 e. The van der Waals surface area contributed by atoms with Gasteiger partial charge in [-0.1, -0.05) is 18.2 Å². The Morgan fingerprint density at radius 1 is 1.03 bits per heavy atom. The highest BCUT2D eigenvalue weighted by Crippen LogP contribution is 2.37. The van der Waals surface area contributed by atoms with Gasteiger partial charge < -0.3 is 14.6 Å². The molecule has 1 amide bonds. The lowest BCUT2D eigenvalue weighted by Crippen LogP contribution is -2.41. The first-order valence-electron chi connectivity index (χ1n) is 10.9. The summed E-state index contributed by atoms with van der Waals surface area (Å²) >= 11 is 0. The number of nitrogens with one attached hydrogen (secondary N) is 3. The Bertz CT molecular complexity index is 1270. The van der Waals surface area contributed by atoms with Gasteiger partial charge in [0, 0.05) is 41.0 Å². The Kier molecular flexibility index (Phi) is 5.62. The fraction of sp³-hybridized carbons (Fsp3) is 0.348. The summed E-state index contributed by atoms with van der Waals surface area (Å²) in [5.41, 5.74) is 3.24. The molecule has 0 aliphatic carbocycles. The fourth-order valence-corrected chi connectivity index (χ4v) is 5.23. The van der Waals surface area contributed by atoms with E-state index in [1.165, 1.54) is 0 Å². The summed E-state index contributed by atoms with van der Waals surface area (Å²) in [6, 6.07) is 15.4. The van der Waals surface area contributed by atoms with Gasteiger partial charge in [0.1, 0.15) is 5.75 Å². The maximum absolute atomic E-state index is 12.7. The molecule has 0 saturated heterocycles. The van der Waals surface area contributed by atoms with E-state index in [1.54, 1.807) is 12.1 Å². The van der Waals surface area contributed by atoms with Crippen molar-refractivity contribution in [3.63, 3.8) is 0 Å². The van der Waals surface area contributed by atoms with Crippen LogP contribution in [0.15, 0.2) is 48.5 Å². The second-order valence-corrected chi connectivity index (χ2v) is 9.81. The maximum atomic E-state index is 12.7. The molecule has 3 aromatic rings. The number of rotatable bonds is 0. The molecule has 168 valence electrons.